The molecule has 2 N–H and O–H groups in total. The topological polar surface area (TPSA) is 57.5 Å². The maximum Gasteiger partial charge on any atom is 0.306 e. The van der Waals surface area contributed by atoms with Gasteiger partial charge in [-0.05, 0) is 129 Å². The van der Waals surface area contributed by atoms with Gasteiger partial charge >= 0.3 is 5.97 Å². The van der Waals surface area contributed by atoms with Crippen molar-refractivity contribution in [3.63, 3.8) is 0 Å². The predicted molar refractivity (Wildman–Crippen MR) is 204 cm³/mol. The fourth-order valence-electron chi connectivity index (χ4n) is 12.2. The van der Waals surface area contributed by atoms with Crippen molar-refractivity contribution in [2.45, 2.75) is 195 Å². The molecule has 0 heterocycles. The highest BCUT2D eigenvalue weighted by molar-refractivity contribution is 5.70. The SMILES string of the molecule is CCCCCCCC/C=C\CCCCCCC(C(=O)O)C1C[C@H](O)CC2=CC[C@H]3[C@@H]4CC[C@H]([C@H](C)CCCC(C)C)[C@@]4(C)CC[C@@H]3[C@@]21C. The minimum atomic E-state index is -0.619. The minimum absolute atomic E-state index is 0.0409. The van der Waals surface area contributed by atoms with Gasteiger partial charge in [-0.25, -0.2) is 0 Å². The molecule has 4 rings (SSSR count). The van der Waals surface area contributed by atoms with E-state index in [1.165, 1.54) is 108 Å². The Hall–Kier alpha value is -1.09. The van der Waals surface area contributed by atoms with E-state index in [4.69, 9.17) is 0 Å². The van der Waals surface area contributed by atoms with Crippen LogP contribution in [0.25, 0.3) is 0 Å². The summed E-state index contributed by atoms with van der Waals surface area (Å²) in [6, 6.07) is 0. The first kappa shape index (κ1) is 39.7. The molecule has 276 valence electrons. The quantitative estimate of drug-likeness (QED) is 0.0947. The average molecular weight is 667 g/mol. The van der Waals surface area contributed by atoms with Crippen molar-refractivity contribution >= 4 is 5.97 Å². The fraction of sp³-hybridized carbons (Fsp3) is 0.889. The summed E-state index contributed by atoms with van der Waals surface area (Å²) in [4.78, 5) is 13.0. The molecule has 0 aromatic carbocycles. The predicted octanol–water partition coefficient (Wildman–Crippen LogP) is 13.0. The number of hydrogen-bond acceptors (Lipinski definition) is 2. The lowest BCUT2D eigenvalue weighted by molar-refractivity contribution is -0.151. The zero-order valence-corrected chi connectivity index (χ0v) is 32.5. The van der Waals surface area contributed by atoms with Gasteiger partial charge in [-0.2, -0.15) is 0 Å². The number of carboxylic acid groups (broad SMARTS) is 1. The normalized spacial score (nSPS) is 34.5. The van der Waals surface area contributed by atoms with Crippen molar-refractivity contribution in [1.29, 1.82) is 0 Å². The summed E-state index contributed by atoms with van der Waals surface area (Å²) in [5, 5.41) is 21.8. The van der Waals surface area contributed by atoms with Crippen LogP contribution in [0.1, 0.15) is 189 Å². The van der Waals surface area contributed by atoms with E-state index in [0.29, 0.717) is 23.7 Å². The number of aliphatic carboxylic acids is 1. The molecule has 0 aromatic rings. The minimum Gasteiger partial charge on any atom is -0.481 e. The second-order valence-corrected chi connectivity index (χ2v) is 18.3. The summed E-state index contributed by atoms with van der Waals surface area (Å²) in [5.41, 5.74) is 1.75. The number of aliphatic hydroxyl groups is 1. The van der Waals surface area contributed by atoms with Gasteiger partial charge in [-0.15, -0.1) is 0 Å². The van der Waals surface area contributed by atoms with Crippen LogP contribution < -0.4 is 0 Å². The van der Waals surface area contributed by atoms with Crippen LogP contribution in [0.2, 0.25) is 0 Å². The number of aliphatic hydroxyl groups excluding tert-OH is 1. The molecule has 0 radical (unpaired) electrons. The van der Waals surface area contributed by atoms with Crippen molar-refractivity contribution < 1.29 is 15.0 Å². The smallest absolute Gasteiger partial charge is 0.306 e. The molecule has 4 aliphatic rings. The summed E-state index contributed by atoms with van der Waals surface area (Å²) in [6.07, 6.45) is 34.6. The Morgan fingerprint density at radius 2 is 1.50 bits per heavy atom. The zero-order valence-electron chi connectivity index (χ0n) is 32.5. The van der Waals surface area contributed by atoms with Crippen molar-refractivity contribution in [2.24, 2.45) is 58.2 Å². The molecular formula is C45H78O3. The molecule has 0 aromatic heterocycles. The van der Waals surface area contributed by atoms with Gasteiger partial charge < -0.3 is 10.2 Å². The van der Waals surface area contributed by atoms with E-state index in [2.05, 4.69) is 59.8 Å². The third kappa shape index (κ3) is 9.61. The first-order chi connectivity index (χ1) is 23.0. The van der Waals surface area contributed by atoms with E-state index in [-0.39, 0.29) is 17.3 Å². The van der Waals surface area contributed by atoms with Crippen LogP contribution in [-0.4, -0.2) is 22.3 Å². The second-order valence-electron chi connectivity index (χ2n) is 18.3. The number of allylic oxidation sites excluding steroid dienone is 3. The first-order valence-corrected chi connectivity index (χ1v) is 21.3. The van der Waals surface area contributed by atoms with E-state index in [1.807, 2.05) is 0 Å². The van der Waals surface area contributed by atoms with E-state index < -0.39 is 12.1 Å². The van der Waals surface area contributed by atoms with Crippen molar-refractivity contribution in [2.75, 3.05) is 0 Å². The van der Waals surface area contributed by atoms with Crippen LogP contribution in [0, 0.1) is 58.2 Å². The largest absolute Gasteiger partial charge is 0.481 e. The number of fused-ring (bicyclic) bond motifs is 5. The molecular weight excluding hydrogens is 588 g/mol. The van der Waals surface area contributed by atoms with Gasteiger partial charge in [-0.3, -0.25) is 4.79 Å². The molecule has 0 aliphatic heterocycles. The lowest BCUT2D eigenvalue weighted by Gasteiger charge is -2.61. The molecule has 3 heteroatoms. The summed E-state index contributed by atoms with van der Waals surface area (Å²) in [6.45, 7) is 14.7. The van der Waals surface area contributed by atoms with Crippen LogP contribution in [-0.2, 0) is 4.79 Å². The lowest BCUT2D eigenvalue weighted by Crippen LogP contribution is -2.55. The molecule has 0 amide bonds. The highest BCUT2D eigenvalue weighted by Gasteiger charge is 2.62. The molecule has 3 fully saturated rings. The van der Waals surface area contributed by atoms with Gasteiger partial charge in [0, 0.05) is 0 Å². The van der Waals surface area contributed by atoms with Crippen LogP contribution in [0.3, 0.4) is 0 Å². The number of unbranched alkanes of at least 4 members (excludes halogenated alkanes) is 10. The first-order valence-electron chi connectivity index (χ1n) is 21.3. The van der Waals surface area contributed by atoms with Gasteiger partial charge in [0.15, 0.2) is 0 Å². The lowest BCUT2D eigenvalue weighted by atomic mass is 9.43. The molecule has 0 spiro atoms. The van der Waals surface area contributed by atoms with Crippen molar-refractivity contribution in [1.82, 2.24) is 0 Å². The summed E-state index contributed by atoms with van der Waals surface area (Å²) < 4.78 is 0. The molecule has 0 bridgehead atoms. The van der Waals surface area contributed by atoms with Gasteiger partial charge in [0.05, 0.1) is 12.0 Å². The Morgan fingerprint density at radius 1 is 0.833 bits per heavy atom. The highest BCUT2D eigenvalue weighted by Crippen LogP contribution is 2.69. The molecule has 4 aliphatic carbocycles. The van der Waals surface area contributed by atoms with Gasteiger partial charge in [-0.1, -0.05) is 136 Å². The third-order valence-corrected chi connectivity index (χ3v) is 14.8. The standard InChI is InChI=1S/C45H78O3/c1-7-8-9-10-11-12-13-14-15-16-17-18-19-20-24-38(43(47)48)42-32-36(46)31-35-25-26-37-40-28-27-39(34(4)23-21-22-33(2)3)44(40,5)30-29-41(37)45(35,42)6/h14-15,25,33-34,36-42,46H,7-13,16-24,26-32H2,1-6H3,(H,47,48)/b15-14-/t34-,36-,37+,38?,39-,40+,41+,42?,44-,45-/m1/s1. The Labute approximate surface area is 297 Å². The summed E-state index contributed by atoms with van der Waals surface area (Å²) in [5.74, 6) is 3.50. The van der Waals surface area contributed by atoms with E-state index in [9.17, 15) is 15.0 Å². The van der Waals surface area contributed by atoms with Gasteiger partial charge in [0.1, 0.15) is 0 Å². The highest BCUT2D eigenvalue weighted by atomic mass is 16.4. The molecule has 3 nitrogen and oxygen atoms in total. The Kier molecular flexibility index (Phi) is 15.7. The molecule has 10 atom stereocenters. The number of rotatable bonds is 21. The molecule has 0 saturated heterocycles. The number of carboxylic acids is 1. The Morgan fingerprint density at radius 3 is 2.17 bits per heavy atom. The average Bonchev–Trinajstić information content (AvgIpc) is 3.40. The number of carbonyl (C=O) groups is 1. The van der Waals surface area contributed by atoms with E-state index in [0.717, 1.165) is 62.2 Å². The van der Waals surface area contributed by atoms with Crippen LogP contribution in [0.15, 0.2) is 23.8 Å². The van der Waals surface area contributed by atoms with Crippen LogP contribution >= 0.6 is 0 Å². The number of hydrogen-bond donors (Lipinski definition) is 2. The maximum atomic E-state index is 13.0. The monoisotopic (exact) mass is 667 g/mol. The molecule has 48 heavy (non-hydrogen) atoms. The van der Waals surface area contributed by atoms with Crippen LogP contribution in [0.5, 0.6) is 0 Å². The van der Waals surface area contributed by atoms with Gasteiger partial charge in [0.25, 0.3) is 0 Å². The summed E-state index contributed by atoms with van der Waals surface area (Å²) in [7, 11) is 0. The Balaban J connectivity index is 1.33. The maximum absolute atomic E-state index is 13.0. The molecule has 3 saturated carbocycles. The van der Waals surface area contributed by atoms with E-state index in [1.54, 1.807) is 0 Å². The van der Waals surface area contributed by atoms with Gasteiger partial charge in [0.2, 0.25) is 0 Å². The fourth-order valence-corrected chi connectivity index (χ4v) is 12.2. The van der Waals surface area contributed by atoms with Crippen molar-refractivity contribution in [3.8, 4) is 0 Å². The third-order valence-electron chi connectivity index (χ3n) is 14.8. The molecule has 2 unspecified atom stereocenters. The van der Waals surface area contributed by atoms with Crippen LogP contribution in [0.4, 0.5) is 0 Å². The van der Waals surface area contributed by atoms with E-state index >= 15 is 0 Å². The Bertz CT molecular complexity index is 1030. The second kappa shape index (κ2) is 18.9. The zero-order chi connectivity index (χ0) is 34.7. The summed E-state index contributed by atoms with van der Waals surface area (Å²) >= 11 is 0. The van der Waals surface area contributed by atoms with Crippen molar-refractivity contribution in [3.05, 3.63) is 23.8 Å².